The lowest BCUT2D eigenvalue weighted by Gasteiger charge is -2.47. The van der Waals surface area contributed by atoms with Crippen molar-refractivity contribution >= 4 is 56.3 Å². The fourth-order valence-electron chi connectivity index (χ4n) is 13.8. The molecule has 2 saturated heterocycles. The van der Waals surface area contributed by atoms with Crippen LogP contribution >= 0.6 is 0 Å². The zero-order valence-corrected chi connectivity index (χ0v) is 47.1. The third-order valence-electron chi connectivity index (χ3n) is 18.5. The first kappa shape index (κ1) is 55.2. The highest BCUT2D eigenvalue weighted by atomic mass is 19.4. The number of rotatable bonds is 14. The van der Waals surface area contributed by atoms with Crippen molar-refractivity contribution in [2.75, 3.05) is 43.1 Å². The molecule has 86 heavy (non-hydrogen) atoms. The van der Waals surface area contributed by atoms with Crippen LogP contribution in [0.2, 0.25) is 0 Å². The van der Waals surface area contributed by atoms with Gasteiger partial charge in [0.05, 0.1) is 35.4 Å². The third-order valence-corrected chi connectivity index (χ3v) is 18.5. The Kier molecular flexibility index (Phi) is 13.0. The van der Waals surface area contributed by atoms with Gasteiger partial charge in [0.2, 0.25) is 0 Å². The standard InChI is InChI=1S/C66H58F6N6O8/c1-34(2)84-54-29-52(62(81)82)74-50-15-12-40(26-46(50)54)78-22-16-63(17-23-78)30-37(31-63)55-58(75-85-59(55)35-8-9-35)42-13-10-36(24-48(42)66(70,71)72)43-27-44(43)60-56(57(76-86-60)41-6-4-5-7-47(41)65(67,68)69)38-32-64(33-38)18-20-77(21-19-64)39-11-14-49-45(25-39)53(83-3)28-51(73-49)61(79)80/h4-7,10-15,24-26,28-30,32,34-35,43-44H,8-9,16-23,27,31,33H2,1-3H3,(H,79,80)(H,81,82). The number of methoxy groups -OCH3 is 1. The molecule has 2 spiro atoms. The van der Waals surface area contributed by atoms with Crippen LogP contribution in [0.4, 0.5) is 37.7 Å². The van der Waals surface area contributed by atoms with Crippen molar-refractivity contribution in [2.24, 2.45) is 10.8 Å². The van der Waals surface area contributed by atoms with E-state index in [1.807, 2.05) is 44.2 Å². The molecule has 0 radical (unpaired) electrons. The number of fused-ring (bicyclic) bond motifs is 2. The Balaban J connectivity index is 0.726. The Bertz CT molecular complexity index is 4160. The fourth-order valence-corrected chi connectivity index (χ4v) is 13.8. The number of aromatic carboxylic acids is 2. The zero-order chi connectivity index (χ0) is 59.8. The summed E-state index contributed by atoms with van der Waals surface area (Å²) in [5.74, 6) is -1.38. The van der Waals surface area contributed by atoms with E-state index in [0.29, 0.717) is 107 Å². The minimum Gasteiger partial charge on any atom is -0.496 e. The molecule has 4 aromatic carbocycles. The van der Waals surface area contributed by atoms with Crippen molar-refractivity contribution in [3.63, 3.8) is 0 Å². The Morgan fingerprint density at radius 1 is 0.628 bits per heavy atom. The number of halogens is 6. The van der Waals surface area contributed by atoms with Crippen LogP contribution < -0.4 is 19.3 Å². The summed E-state index contributed by atoms with van der Waals surface area (Å²) < 4.78 is 115. The molecule has 2 saturated carbocycles. The quantitative estimate of drug-likeness (QED) is 0.0983. The van der Waals surface area contributed by atoms with Gasteiger partial charge >= 0.3 is 24.3 Å². The van der Waals surface area contributed by atoms with Gasteiger partial charge in [-0.3, -0.25) is 0 Å². The van der Waals surface area contributed by atoms with Gasteiger partial charge in [0.15, 0.2) is 11.4 Å². The molecule has 4 fully saturated rings. The van der Waals surface area contributed by atoms with Gasteiger partial charge in [0.25, 0.3) is 0 Å². The lowest BCUT2D eigenvalue weighted by atomic mass is 9.63. The van der Waals surface area contributed by atoms with Crippen molar-refractivity contribution in [3.05, 3.63) is 154 Å². The van der Waals surface area contributed by atoms with E-state index in [0.717, 1.165) is 67.1 Å². The van der Waals surface area contributed by atoms with E-state index in [4.69, 9.17) is 18.5 Å². The molecule has 4 aromatic heterocycles. The smallest absolute Gasteiger partial charge is 0.417 e. The summed E-state index contributed by atoms with van der Waals surface area (Å²) in [6.07, 6.45) is 0.945. The molecule has 2 aliphatic heterocycles. The molecule has 8 aromatic rings. The van der Waals surface area contributed by atoms with Crippen molar-refractivity contribution in [3.8, 4) is 34.0 Å². The van der Waals surface area contributed by atoms with Crippen LogP contribution in [-0.4, -0.2) is 81.8 Å². The molecular formula is C66H58F6N6O8. The van der Waals surface area contributed by atoms with Crippen LogP contribution in [0, 0.1) is 10.8 Å². The lowest BCUT2D eigenvalue weighted by molar-refractivity contribution is -0.138. The summed E-state index contributed by atoms with van der Waals surface area (Å²) in [6, 6.07) is 23.7. The minimum absolute atomic E-state index is 0.0451. The zero-order valence-electron chi connectivity index (χ0n) is 47.1. The number of hydrogen-bond donors (Lipinski definition) is 2. The molecule has 2 atom stereocenters. The largest absolute Gasteiger partial charge is 0.496 e. The molecule has 2 N–H and O–H groups in total. The first-order valence-electron chi connectivity index (χ1n) is 29.0. The first-order valence-corrected chi connectivity index (χ1v) is 29.0. The van der Waals surface area contributed by atoms with E-state index in [2.05, 4.69) is 42.2 Å². The summed E-state index contributed by atoms with van der Waals surface area (Å²) in [4.78, 5) is 36.7. The predicted octanol–water partition coefficient (Wildman–Crippen LogP) is 15.6. The third kappa shape index (κ3) is 9.77. The number of anilines is 2. The maximum absolute atomic E-state index is 15.6. The molecule has 6 aliphatic rings. The number of pyridine rings is 2. The van der Waals surface area contributed by atoms with Crippen LogP contribution in [0.25, 0.3) is 55.5 Å². The highest BCUT2D eigenvalue weighted by Crippen LogP contribution is 2.62. The second-order valence-corrected chi connectivity index (χ2v) is 24.4. The topological polar surface area (TPSA) is 177 Å². The molecule has 4 aliphatic carbocycles. The monoisotopic (exact) mass is 1180 g/mol. The lowest BCUT2D eigenvalue weighted by Crippen LogP contribution is -2.42. The first-order chi connectivity index (χ1) is 41.1. The second kappa shape index (κ2) is 20.2. The number of hydrogen-bond acceptors (Lipinski definition) is 12. The minimum atomic E-state index is -4.79. The Morgan fingerprint density at radius 2 is 1.13 bits per heavy atom. The summed E-state index contributed by atoms with van der Waals surface area (Å²) in [7, 11) is 1.47. The van der Waals surface area contributed by atoms with E-state index in [1.54, 1.807) is 12.1 Å². The molecule has 14 rings (SSSR count). The van der Waals surface area contributed by atoms with E-state index < -0.39 is 47.3 Å². The van der Waals surface area contributed by atoms with Crippen molar-refractivity contribution in [1.29, 1.82) is 0 Å². The molecule has 0 amide bonds. The van der Waals surface area contributed by atoms with Gasteiger partial charge in [-0.1, -0.05) is 52.8 Å². The highest BCUT2D eigenvalue weighted by molar-refractivity contribution is 5.96. The van der Waals surface area contributed by atoms with Crippen molar-refractivity contribution in [1.82, 2.24) is 20.3 Å². The van der Waals surface area contributed by atoms with Crippen LogP contribution in [0.15, 0.2) is 112 Å². The summed E-state index contributed by atoms with van der Waals surface area (Å²) in [6.45, 7) is 6.48. The predicted molar refractivity (Wildman–Crippen MR) is 309 cm³/mol. The number of alkyl halides is 6. The molecule has 2 unspecified atom stereocenters. The maximum atomic E-state index is 15.6. The van der Waals surface area contributed by atoms with Crippen LogP contribution in [0.1, 0.15) is 150 Å². The van der Waals surface area contributed by atoms with Crippen molar-refractivity contribution in [2.45, 2.75) is 108 Å². The van der Waals surface area contributed by atoms with E-state index in [-0.39, 0.29) is 56.8 Å². The Labute approximate surface area is 489 Å². The highest BCUT2D eigenvalue weighted by Gasteiger charge is 2.51. The average Bonchev–Trinajstić information content (AvgIpc) is 1.73. The average molecular weight is 1180 g/mol. The number of carbonyl (C=O) groups is 2. The second-order valence-electron chi connectivity index (χ2n) is 24.4. The van der Waals surface area contributed by atoms with Gasteiger partial charge in [0.1, 0.15) is 34.4 Å². The molecule has 6 heterocycles. The van der Waals surface area contributed by atoms with E-state index >= 15 is 13.2 Å². The molecule has 0 bridgehead atoms. The van der Waals surface area contributed by atoms with Gasteiger partial charge in [-0.2, -0.15) is 26.3 Å². The SMILES string of the molecule is COc1cc(C(=O)O)nc2ccc(N3CCC4(C=C(c5c(-c6ccccc6C(F)(F)F)noc5C5CC5c5ccc(-c6noc(C7CC7)c6C6=CC7(CCN(c8ccc9nc(C(=O)O)cc(OC(C)C)c9c8)CC7)C6)c(C(F)(F)F)c5)C4)CC3)cc12. The summed E-state index contributed by atoms with van der Waals surface area (Å²) >= 11 is 0. The maximum Gasteiger partial charge on any atom is 0.417 e. The molecule has 20 heteroatoms. The number of carboxylic acid groups (broad SMARTS) is 2. The van der Waals surface area contributed by atoms with Crippen LogP contribution in [-0.2, 0) is 12.4 Å². The number of ether oxygens (including phenoxy) is 2. The summed E-state index contributed by atoms with van der Waals surface area (Å²) in [5, 5.41) is 29.4. The number of allylic oxidation sites excluding steroid dienone is 4. The van der Waals surface area contributed by atoms with E-state index in [1.165, 1.54) is 49.6 Å². The van der Waals surface area contributed by atoms with Gasteiger partial charge < -0.3 is 38.5 Å². The Morgan fingerprint density at radius 3 is 1.64 bits per heavy atom. The van der Waals surface area contributed by atoms with Gasteiger partial charge in [-0.15, -0.1) is 0 Å². The number of carboxylic acids is 2. The van der Waals surface area contributed by atoms with Crippen molar-refractivity contribution < 1.29 is 64.7 Å². The number of nitrogens with zero attached hydrogens (tertiary/aromatic N) is 6. The van der Waals surface area contributed by atoms with Crippen LogP contribution in [0.3, 0.4) is 0 Å². The number of piperidine rings is 2. The van der Waals surface area contributed by atoms with Gasteiger partial charge in [0, 0.05) is 94.5 Å². The van der Waals surface area contributed by atoms with Gasteiger partial charge in [-0.25, -0.2) is 19.6 Å². The Hall–Kier alpha value is -8.68. The fraction of sp³-hybridized carbons (Fsp3) is 0.364. The van der Waals surface area contributed by atoms with Gasteiger partial charge in [-0.05, 0) is 154 Å². The molecular weight excluding hydrogens is 1120 g/mol. The normalized spacial score (nSPS) is 19.8. The van der Waals surface area contributed by atoms with Crippen LogP contribution in [0.5, 0.6) is 11.5 Å². The summed E-state index contributed by atoms with van der Waals surface area (Å²) in [5.41, 5.74) is 3.61. The number of aromatic nitrogens is 4. The molecule has 442 valence electrons. The molecule has 14 nitrogen and oxygen atoms in total. The number of benzene rings is 4. The van der Waals surface area contributed by atoms with E-state index in [9.17, 15) is 33.0 Å².